The van der Waals surface area contributed by atoms with E-state index >= 15 is 0 Å². The van der Waals surface area contributed by atoms with E-state index in [0.717, 1.165) is 12.8 Å². The highest BCUT2D eigenvalue weighted by Crippen LogP contribution is 2.55. The molecule has 2 nitrogen and oxygen atoms in total. The van der Waals surface area contributed by atoms with Gasteiger partial charge in [-0.3, -0.25) is 0 Å². The molecule has 2 heteroatoms. The highest BCUT2D eigenvalue weighted by molar-refractivity contribution is 5.91. The molecule has 2 aliphatic carbocycles. The SMILES string of the molecule is C=C1C(=O)O[C@@H]2C3=C(C)CCC[C@]3(C)CC[C@H]12. The summed E-state index contributed by atoms with van der Waals surface area (Å²) in [5, 5.41) is 0. The zero-order valence-electron chi connectivity index (χ0n) is 10.7. The van der Waals surface area contributed by atoms with Crippen molar-refractivity contribution < 1.29 is 9.53 Å². The maximum Gasteiger partial charge on any atom is 0.334 e. The van der Waals surface area contributed by atoms with Crippen molar-refractivity contribution in [2.24, 2.45) is 11.3 Å². The lowest BCUT2D eigenvalue weighted by Gasteiger charge is -2.45. The Balaban J connectivity index is 2.06. The molecule has 0 N–H and O–H groups in total. The van der Waals surface area contributed by atoms with Crippen LogP contribution in [0.2, 0.25) is 0 Å². The first-order valence-electron chi connectivity index (χ1n) is 6.63. The zero-order chi connectivity index (χ0) is 12.2. The Morgan fingerprint density at radius 1 is 1.41 bits per heavy atom. The van der Waals surface area contributed by atoms with Gasteiger partial charge in [0.15, 0.2) is 0 Å². The van der Waals surface area contributed by atoms with Gasteiger partial charge in [-0.2, -0.15) is 0 Å². The lowest BCUT2D eigenvalue weighted by Crippen LogP contribution is -2.39. The minimum absolute atomic E-state index is 0.00838. The molecule has 0 aromatic rings. The van der Waals surface area contributed by atoms with Gasteiger partial charge in [0.1, 0.15) is 6.10 Å². The largest absolute Gasteiger partial charge is 0.454 e. The summed E-state index contributed by atoms with van der Waals surface area (Å²) in [6, 6.07) is 0. The minimum Gasteiger partial charge on any atom is -0.454 e. The van der Waals surface area contributed by atoms with Gasteiger partial charge in [0, 0.05) is 11.5 Å². The average Bonchev–Trinajstić information content (AvgIpc) is 2.54. The third-order valence-corrected chi connectivity index (χ3v) is 4.99. The number of hydrogen-bond donors (Lipinski definition) is 0. The quantitative estimate of drug-likeness (QED) is 0.363. The van der Waals surface area contributed by atoms with Gasteiger partial charge in [0.05, 0.1) is 0 Å². The maximum absolute atomic E-state index is 11.7. The molecular formula is C15H20O2. The van der Waals surface area contributed by atoms with Gasteiger partial charge >= 0.3 is 5.97 Å². The summed E-state index contributed by atoms with van der Waals surface area (Å²) >= 11 is 0. The smallest absolute Gasteiger partial charge is 0.334 e. The van der Waals surface area contributed by atoms with Crippen molar-refractivity contribution in [1.82, 2.24) is 0 Å². The van der Waals surface area contributed by atoms with Gasteiger partial charge in [0.25, 0.3) is 0 Å². The van der Waals surface area contributed by atoms with E-state index < -0.39 is 0 Å². The molecule has 3 atom stereocenters. The topological polar surface area (TPSA) is 26.3 Å². The van der Waals surface area contributed by atoms with Crippen molar-refractivity contribution in [2.75, 3.05) is 0 Å². The molecule has 0 radical (unpaired) electrons. The lowest BCUT2D eigenvalue weighted by molar-refractivity contribution is -0.138. The van der Waals surface area contributed by atoms with Crippen LogP contribution in [-0.4, -0.2) is 12.1 Å². The first kappa shape index (κ1) is 11.1. The lowest BCUT2D eigenvalue weighted by atomic mass is 9.60. The van der Waals surface area contributed by atoms with Crippen LogP contribution < -0.4 is 0 Å². The Morgan fingerprint density at radius 2 is 2.18 bits per heavy atom. The van der Waals surface area contributed by atoms with Crippen LogP contribution >= 0.6 is 0 Å². The predicted octanol–water partition coefficient (Wildman–Crippen LogP) is 3.38. The summed E-state index contributed by atoms with van der Waals surface area (Å²) in [5.41, 5.74) is 3.85. The Kier molecular flexibility index (Phi) is 2.26. The van der Waals surface area contributed by atoms with Crippen LogP contribution in [0, 0.1) is 11.3 Å². The van der Waals surface area contributed by atoms with Gasteiger partial charge in [-0.15, -0.1) is 0 Å². The molecule has 0 aromatic heterocycles. The van der Waals surface area contributed by atoms with Gasteiger partial charge in [-0.05, 0) is 50.0 Å². The fraction of sp³-hybridized carbons (Fsp3) is 0.667. The fourth-order valence-electron chi connectivity index (χ4n) is 4.04. The summed E-state index contributed by atoms with van der Waals surface area (Å²) in [6.07, 6.45) is 5.93. The predicted molar refractivity (Wildman–Crippen MR) is 66.4 cm³/mol. The third-order valence-electron chi connectivity index (χ3n) is 4.99. The van der Waals surface area contributed by atoms with E-state index in [9.17, 15) is 4.79 Å². The highest BCUT2D eigenvalue weighted by Gasteiger charge is 2.51. The van der Waals surface area contributed by atoms with Crippen LogP contribution in [0.4, 0.5) is 0 Å². The molecule has 17 heavy (non-hydrogen) atoms. The van der Waals surface area contributed by atoms with Crippen LogP contribution in [0.3, 0.4) is 0 Å². The molecule has 3 aliphatic rings. The molecule has 1 saturated carbocycles. The van der Waals surface area contributed by atoms with E-state index in [2.05, 4.69) is 20.4 Å². The molecule has 3 rings (SSSR count). The van der Waals surface area contributed by atoms with Gasteiger partial charge < -0.3 is 4.74 Å². The summed E-state index contributed by atoms with van der Waals surface area (Å²) in [7, 11) is 0. The van der Waals surface area contributed by atoms with E-state index in [0.29, 0.717) is 5.57 Å². The van der Waals surface area contributed by atoms with Crippen molar-refractivity contribution in [3.8, 4) is 0 Å². The first-order chi connectivity index (χ1) is 8.03. The number of fused-ring (bicyclic) bond motifs is 3. The normalized spacial score (nSPS) is 41.1. The molecule has 0 spiro atoms. The summed E-state index contributed by atoms with van der Waals surface area (Å²) in [4.78, 5) is 11.7. The maximum atomic E-state index is 11.7. The molecule has 1 saturated heterocycles. The number of allylic oxidation sites excluding steroid dienone is 1. The molecule has 0 aromatic carbocycles. The molecule has 92 valence electrons. The van der Waals surface area contributed by atoms with Crippen LogP contribution in [0.1, 0.15) is 46.0 Å². The summed E-state index contributed by atoms with van der Waals surface area (Å²) < 4.78 is 5.59. The molecule has 1 aliphatic heterocycles. The highest BCUT2D eigenvalue weighted by atomic mass is 16.6. The average molecular weight is 232 g/mol. The molecule has 1 heterocycles. The van der Waals surface area contributed by atoms with Crippen molar-refractivity contribution in [3.05, 3.63) is 23.3 Å². The Morgan fingerprint density at radius 3 is 2.94 bits per heavy atom. The minimum atomic E-state index is -0.171. The molecule has 0 unspecified atom stereocenters. The fourth-order valence-corrected chi connectivity index (χ4v) is 4.04. The Bertz CT molecular complexity index is 432. The molecule has 0 bridgehead atoms. The molecular weight excluding hydrogens is 212 g/mol. The van der Waals surface area contributed by atoms with Crippen molar-refractivity contribution in [1.29, 1.82) is 0 Å². The van der Waals surface area contributed by atoms with Crippen LogP contribution in [-0.2, 0) is 9.53 Å². The van der Waals surface area contributed by atoms with E-state index in [-0.39, 0.29) is 23.4 Å². The second-order valence-corrected chi connectivity index (χ2v) is 6.10. The van der Waals surface area contributed by atoms with Gasteiger partial charge in [0.2, 0.25) is 0 Å². The number of carbonyl (C=O) groups is 1. The van der Waals surface area contributed by atoms with Crippen molar-refractivity contribution in [3.63, 3.8) is 0 Å². The standard InChI is InChI=1S/C15H20O2/c1-9-5-4-7-15(3)8-6-11-10(2)14(16)17-13(11)12(9)15/h11,13H,2,4-8H2,1,3H3/t11-,13+,15-/m1/s1. The first-order valence-corrected chi connectivity index (χ1v) is 6.63. The van der Waals surface area contributed by atoms with E-state index in [1.165, 1.54) is 30.4 Å². The zero-order valence-corrected chi connectivity index (χ0v) is 10.7. The Labute approximate surface area is 103 Å². The number of rotatable bonds is 0. The summed E-state index contributed by atoms with van der Waals surface area (Å²) in [5.74, 6) is 0.0775. The number of hydrogen-bond acceptors (Lipinski definition) is 2. The van der Waals surface area contributed by atoms with Crippen LogP contribution in [0.25, 0.3) is 0 Å². The van der Waals surface area contributed by atoms with Gasteiger partial charge in [-0.25, -0.2) is 4.79 Å². The monoisotopic (exact) mass is 232 g/mol. The van der Waals surface area contributed by atoms with E-state index in [1.807, 2.05) is 0 Å². The Hall–Kier alpha value is -1.05. The molecule has 0 amide bonds. The van der Waals surface area contributed by atoms with Crippen molar-refractivity contribution in [2.45, 2.75) is 52.1 Å². The second-order valence-electron chi connectivity index (χ2n) is 6.10. The molecule has 2 fully saturated rings. The number of esters is 1. The van der Waals surface area contributed by atoms with Crippen LogP contribution in [0.15, 0.2) is 23.3 Å². The van der Waals surface area contributed by atoms with Crippen LogP contribution in [0.5, 0.6) is 0 Å². The summed E-state index contributed by atoms with van der Waals surface area (Å²) in [6.45, 7) is 8.46. The van der Waals surface area contributed by atoms with E-state index in [4.69, 9.17) is 4.74 Å². The number of carbonyl (C=O) groups excluding carboxylic acids is 1. The third kappa shape index (κ3) is 1.42. The second kappa shape index (κ2) is 3.47. The van der Waals surface area contributed by atoms with Crippen molar-refractivity contribution >= 4 is 5.97 Å². The number of ether oxygens (including phenoxy) is 1. The van der Waals surface area contributed by atoms with Gasteiger partial charge in [-0.1, -0.05) is 19.1 Å². The van der Waals surface area contributed by atoms with E-state index in [1.54, 1.807) is 0 Å².